The zero-order chi connectivity index (χ0) is 15.3. The average Bonchev–Trinajstić information content (AvgIpc) is 2.36. The summed E-state index contributed by atoms with van der Waals surface area (Å²) >= 11 is 5.74. The molecule has 0 heterocycles. The Hall–Kier alpha value is -2.28. The van der Waals surface area contributed by atoms with Crippen molar-refractivity contribution in [3.8, 4) is 5.75 Å². The maximum absolute atomic E-state index is 11.9. The van der Waals surface area contributed by atoms with Gasteiger partial charge in [0.2, 0.25) is 0 Å². The summed E-state index contributed by atoms with van der Waals surface area (Å²) in [6.45, 7) is 0. The summed E-state index contributed by atoms with van der Waals surface area (Å²) in [5, 5.41) is 19.9. The molecule has 1 aromatic carbocycles. The van der Waals surface area contributed by atoms with E-state index in [0.29, 0.717) is 5.02 Å². The van der Waals surface area contributed by atoms with E-state index in [-0.39, 0.29) is 11.3 Å². The second-order valence-corrected chi connectivity index (χ2v) is 4.24. The van der Waals surface area contributed by atoms with E-state index in [1.54, 1.807) is 0 Å². The molecule has 1 aromatic rings. The van der Waals surface area contributed by atoms with Crippen molar-refractivity contribution >= 4 is 29.4 Å². The molecule has 20 heavy (non-hydrogen) atoms. The predicted octanol–water partition coefficient (Wildman–Crippen LogP) is 1.01. The summed E-state index contributed by atoms with van der Waals surface area (Å²) in [6.07, 6.45) is -0.725. The number of rotatable bonds is 6. The van der Waals surface area contributed by atoms with Gasteiger partial charge < -0.3 is 20.3 Å². The highest BCUT2D eigenvalue weighted by molar-refractivity contribution is 6.30. The van der Waals surface area contributed by atoms with Crippen molar-refractivity contribution in [3.05, 3.63) is 28.8 Å². The van der Waals surface area contributed by atoms with Crippen LogP contribution in [-0.4, -0.2) is 41.2 Å². The van der Waals surface area contributed by atoms with Crippen LogP contribution in [0.4, 0.5) is 0 Å². The monoisotopic (exact) mass is 301 g/mol. The largest absolute Gasteiger partial charge is 0.496 e. The molecule has 0 aliphatic heterocycles. The molecule has 0 aliphatic carbocycles. The summed E-state index contributed by atoms with van der Waals surface area (Å²) in [5.41, 5.74) is 0.0635. The van der Waals surface area contributed by atoms with Gasteiger partial charge in [0.15, 0.2) is 0 Å². The van der Waals surface area contributed by atoms with Crippen LogP contribution in [0.3, 0.4) is 0 Å². The average molecular weight is 302 g/mol. The Bertz CT molecular complexity index is 545. The van der Waals surface area contributed by atoms with E-state index in [1.807, 2.05) is 0 Å². The van der Waals surface area contributed by atoms with Gasteiger partial charge in [-0.15, -0.1) is 0 Å². The molecule has 1 amide bonds. The first-order chi connectivity index (χ1) is 9.35. The van der Waals surface area contributed by atoms with E-state index < -0.39 is 30.3 Å². The number of methoxy groups -OCH3 is 1. The Labute approximate surface area is 119 Å². The second-order valence-electron chi connectivity index (χ2n) is 3.81. The zero-order valence-corrected chi connectivity index (χ0v) is 11.2. The fraction of sp³-hybridized carbons (Fsp3) is 0.250. The third-order valence-corrected chi connectivity index (χ3v) is 2.63. The first-order valence-electron chi connectivity index (χ1n) is 5.44. The fourth-order valence-electron chi connectivity index (χ4n) is 1.46. The van der Waals surface area contributed by atoms with Crippen LogP contribution in [0.2, 0.25) is 5.02 Å². The van der Waals surface area contributed by atoms with Gasteiger partial charge in [-0.2, -0.15) is 0 Å². The third kappa shape index (κ3) is 4.13. The molecule has 0 fully saturated rings. The molecule has 0 radical (unpaired) electrons. The molecule has 0 saturated carbocycles. The van der Waals surface area contributed by atoms with Crippen LogP contribution in [0.15, 0.2) is 18.2 Å². The Morgan fingerprint density at radius 2 is 2.00 bits per heavy atom. The minimum Gasteiger partial charge on any atom is -0.496 e. The van der Waals surface area contributed by atoms with E-state index in [2.05, 4.69) is 5.32 Å². The molecule has 8 heteroatoms. The van der Waals surface area contributed by atoms with Crippen molar-refractivity contribution in [2.45, 2.75) is 12.5 Å². The van der Waals surface area contributed by atoms with Crippen molar-refractivity contribution in [2.75, 3.05) is 7.11 Å². The lowest BCUT2D eigenvalue weighted by Gasteiger charge is -2.14. The van der Waals surface area contributed by atoms with Crippen LogP contribution in [0, 0.1) is 0 Å². The van der Waals surface area contributed by atoms with Gasteiger partial charge in [-0.25, -0.2) is 4.79 Å². The summed E-state index contributed by atoms with van der Waals surface area (Å²) < 4.78 is 4.96. The Morgan fingerprint density at radius 3 is 2.50 bits per heavy atom. The van der Waals surface area contributed by atoms with Crippen LogP contribution in [0.25, 0.3) is 0 Å². The summed E-state index contributed by atoms with van der Waals surface area (Å²) in [6, 6.07) is 2.66. The van der Waals surface area contributed by atoms with Gasteiger partial charge in [0.25, 0.3) is 5.91 Å². The van der Waals surface area contributed by atoms with Crippen LogP contribution in [0.1, 0.15) is 16.8 Å². The number of hydrogen-bond acceptors (Lipinski definition) is 4. The highest BCUT2D eigenvalue weighted by Crippen LogP contribution is 2.23. The van der Waals surface area contributed by atoms with Crippen molar-refractivity contribution in [2.24, 2.45) is 0 Å². The molecule has 108 valence electrons. The van der Waals surface area contributed by atoms with Crippen LogP contribution < -0.4 is 10.1 Å². The first-order valence-corrected chi connectivity index (χ1v) is 5.82. The maximum atomic E-state index is 11.9. The minimum absolute atomic E-state index is 0.0635. The van der Waals surface area contributed by atoms with Crippen molar-refractivity contribution in [1.29, 1.82) is 0 Å². The number of hydrogen-bond donors (Lipinski definition) is 3. The van der Waals surface area contributed by atoms with E-state index in [9.17, 15) is 14.4 Å². The number of halogens is 1. The highest BCUT2D eigenvalue weighted by atomic mass is 35.5. The van der Waals surface area contributed by atoms with Crippen molar-refractivity contribution in [3.63, 3.8) is 0 Å². The van der Waals surface area contributed by atoms with Crippen LogP contribution >= 0.6 is 11.6 Å². The van der Waals surface area contributed by atoms with Crippen molar-refractivity contribution < 1.29 is 29.3 Å². The van der Waals surface area contributed by atoms with Gasteiger partial charge in [0, 0.05) is 5.02 Å². The Kier molecular flexibility index (Phi) is 5.33. The number of nitrogens with one attached hydrogen (secondary N) is 1. The minimum atomic E-state index is -1.53. The molecular formula is C12H12ClNO6. The van der Waals surface area contributed by atoms with Gasteiger partial charge in [-0.3, -0.25) is 9.59 Å². The van der Waals surface area contributed by atoms with E-state index in [1.165, 1.54) is 25.3 Å². The molecule has 1 rings (SSSR count). The molecule has 0 aromatic heterocycles. The third-order valence-electron chi connectivity index (χ3n) is 2.39. The number of aliphatic carboxylic acids is 2. The SMILES string of the molecule is COc1cc(Cl)ccc1C(=O)N[C@@H](CC(=O)O)C(=O)O. The van der Waals surface area contributed by atoms with Crippen LogP contribution in [-0.2, 0) is 9.59 Å². The molecule has 0 bridgehead atoms. The standard InChI is InChI=1S/C12H12ClNO6/c1-20-9-4-6(13)2-3-7(9)11(17)14-8(12(18)19)5-10(15)16/h2-4,8H,5H2,1H3,(H,14,17)(H,15,16)(H,18,19)/t8-/m0/s1. The lowest BCUT2D eigenvalue weighted by Crippen LogP contribution is -2.42. The molecule has 0 spiro atoms. The zero-order valence-electron chi connectivity index (χ0n) is 10.4. The summed E-state index contributed by atoms with van der Waals surface area (Å²) in [7, 11) is 1.33. The Morgan fingerprint density at radius 1 is 1.35 bits per heavy atom. The fourth-order valence-corrected chi connectivity index (χ4v) is 1.63. The van der Waals surface area contributed by atoms with Gasteiger partial charge >= 0.3 is 11.9 Å². The molecule has 1 atom stereocenters. The van der Waals surface area contributed by atoms with E-state index in [0.717, 1.165) is 0 Å². The summed E-state index contributed by atoms with van der Waals surface area (Å²) in [4.78, 5) is 33.4. The number of carbonyl (C=O) groups is 3. The van der Waals surface area contributed by atoms with Gasteiger partial charge in [-0.05, 0) is 18.2 Å². The van der Waals surface area contributed by atoms with Gasteiger partial charge in [0.1, 0.15) is 11.8 Å². The Balaban J connectivity index is 2.94. The normalized spacial score (nSPS) is 11.5. The maximum Gasteiger partial charge on any atom is 0.326 e. The van der Waals surface area contributed by atoms with Gasteiger partial charge in [0.05, 0.1) is 19.1 Å². The smallest absolute Gasteiger partial charge is 0.326 e. The number of benzene rings is 1. The molecule has 0 unspecified atom stereocenters. The lowest BCUT2D eigenvalue weighted by molar-refractivity contribution is -0.145. The molecule has 0 saturated heterocycles. The number of amides is 1. The number of carboxylic acids is 2. The van der Waals surface area contributed by atoms with Crippen molar-refractivity contribution in [1.82, 2.24) is 5.32 Å². The lowest BCUT2D eigenvalue weighted by atomic mass is 10.1. The quantitative estimate of drug-likeness (QED) is 0.722. The summed E-state index contributed by atoms with van der Waals surface area (Å²) in [5.74, 6) is -3.36. The molecular weight excluding hydrogens is 290 g/mol. The predicted molar refractivity (Wildman–Crippen MR) is 69.1 cm³/mol. The van der Waals surface area contributed by atoms with Gasteiger partial charge in [-0.1, -0.05) is 11.6 Å². The van der Waals surface area contributed by atoms with E-state index >= 15 is 0 Å². The number of carbonyl (C=O) groups excluding carboxylic acids is 1. The molecule has 7 nitrogen and oxygen atoms in total. The molecule has 0 aliphatic rings. The van der Waals surface area contributed by atoms with E-state index in [4.69, 9.17) is 26.6 Å². The highest BCUT2D eigenvalue weighted by Gasteiger charge is 2.24. The van der Waals surface area contributed by atoms with Crippen LogP contribution in [0.5, 0.6) is 5.75 Å². The first kappa shape index (κ1) is 15.8. The topological polar surface area (TPSA) is 113 Å². The number of carboxylic acid groups (broad SMARTS) is 2. The molecule has 3 N–H and O–H groups in total. The second kappa shape index (κ2) is 6.76. The number of ether oxygens (including phenoxy) is 1.